The summed E-state index contributed by atoms with van der Waals surface area (Å²) < 4.78 is 53.6. The zero-order valence-corrected chi connectivity index (χ0v) is 11.5. The highest BCUT2D eigenvalue weighted by Gasteiger charge is 2.33. The van der Waals surface area contributed by atoms with Crippen LogP contribution in [0.25, 0.3) is 0 Å². The molecule has 1 aliphatic heterocycles. The van der Waals surface area contributed by atoms with Crippen molar-refractivity contribution in [2.45, 2.75) is 25.2 Å². The lowest BCUT2D eigenvalue weighted by Gasteiger charge is -2.14. The van der Waals surface area contributed by atoms with E-state index in [1.54, 1.807) is 0 Å². The number of amides is 1. The van der Waals surface area contributed by atoms with Crippen molar-refractivity contribution in [2.75, 3.05) is 11.9 Å². The van der Waals surface area contributed by atoms with Crippen molar-refractivity contribution in [1.29, 1.82) is 0 Å². The molecule has 4 nitrogen and oxygen atoms in total. The Morgan fingerprint density at radius 2 is 2.10 bits per heavy atom. The van der Waals surface area contributed by atoms with Gasteiger partial charge in [-0.15, -0.1) is 25.6 Å². The van der Waals surface area contributed by atoms with Crippen LogP contribution in [0.3, 0.4) is 0 Å². The Balaban J connectivity index is 0.00000220. The van der Waals surface area contributed by atoms with Gasteiger partial charge in [0.25, 0.3) is 0 Å². The quantitative estimate of drug-likeness (QED) is 0.839. The van der Waals surface area contributed by atoms with E-state index >= 15 is 0 Å². The number of carbonyl (C=O) groups excluding carboxylic acids is 1. The molecule has 1 atom stereocenters. The summed E-state index contributed by atoms with van der Waals surface area (Å²) in [6.45, 7) is 0.678. The topological polar surface area (TPSA) is 50.4 Å². The van der Waals surface area contributed by atoms with Gasteiger partial charge in [0.05, 0.1) is 11.7 Å². The second kappa shape index (κ2) is 6.95. The number of anilines is 1. The minimum Gasteiger partial charge on any atom is -0.403 e. The third-order valence-electron chi connectivity index (χ3n) is 2.82. The van der Waals surface area contributed by atoms with E-state index in [4.69, 9.17) is 0 Å². The second-order valence-electron chi connectivity index (χ2n) is 4.30. The van der Waals surface area contributed by atoms with Gasteiger partial charge in [-0.2, -0.15) is 0 Å². The summed E-state index contributed by atoms with van der Waals surface area (Å²) in [6, 6.07) is 2.72. The van der Waals surface area contributed by atoms with Crippen molar-refractivity contribution < 1.29 is 27.1 Å². The summed E-state index contributed by atoms with van der Waals surface area (Å²) in [6.07, 6.45) is -3.57. The average molecular weight is 329 g/mol. The fraction of sp³-hybridized carbons (Fsp3) is 0.417. The Bertz CT molecular complexity index is 505. The van der Waals surface area contributed by atoms with Crippen molar-refractivity contribution in [1.82, 2.24) is 5.32 Å². The monoisotopic (exact) mass is 328 g/mol. The zero-order chi connectivity index (χ0) is 14.8. The Morgan fingerprint density at radius 3 is 2.67 bits per heavy atom. The number of carbonyl (C=O) groups is 1. The molecule has 0 saturated carbocycles. The van der Waals surface area contributed by atoms with Crippen LogP contribution in [-0.4, -0.2) is 24.9 Å². The van der Waals surface area contributed by atoms with Gasteiger partial charge in [-0.1, -0.05) is 6.07 Å². The Labute approximate surface area is 124 Å². The highest BCUT2D eigenvalue weighted by Crippen LogP contribution is 2.29. The standard InChI is InChI=1S/C12H12F4N2O2.ClH/c13-10-7(18-11(19)8-4-2-6-17-8)3-1-5-9(10)20-12(14,15)16;/h1,3,5,8,17H,2,4,6H2,(H,18,19);1H. The molecule has 2 rings (SSSR count). The number of hydrogen-bond acceptors (Lipinski definition) is 3. The Hall–Kier alpha value is -1.54. The van der Waals surface area contributed by atoms with Crippen LogP contribution in [0.5, 0.6) is 5.75 Å². The van der Waals surface area contributed by atoms with E-state index in [-0.39, 0.29) is 18.1 Å². The second-order valence-corrected chi connectivity index (χ2v) is 4.30. The van der Waals surface area contributed by atoms with Gasteiger partial charge in [0.2, 0.25) is 5.91 Å². The summed E-state index contributed by atoms with van der Waals surface area (Å²) in [7, 11) is 0. The molecule has 1 amide bonds. The molecule has 2 N–H and O–H groups in total. The largest absolute Gasteiger partial charge is 0.573 e. The third-order valence-corrected chi connectivity index (χ3v) is 2.82. The van der Waals surface area contributed by atoms with Crippen molar-refractivity contribution in [3.63, 3.8) is 0 Å². The number of alkyl halides is 3. The molecule has 1 saturated heterocycles. The van der Waals surface area contributed by atoms with Gasteiger partial charge in [-0.3, -0.25) is 4.79 Å². The SMILES string of the molecule is Cl.O=C(Nc1cccc(OC(F)(F)F)c1F)C1CCCN1. The lowest BCUT2D eigenvalue weighted by Crippen LogP contribution is -2.35. The normalized spacial score (nSPS) is 18.0. The van der Waals surface area contributed by atoms with E-state index in [2.05, 4.69) is 15.4 Å². The molecule has 9 heteroatoms. The molecule has 0 bridgehead atoms. The molecule has 1 aromatic rings. The lowest BCUT2D eigenvalue weighted by molar-refractivity contribution is -0.275. The highest BCUT2D eigenvalue weighted by molar-refractivity contribution is 5.95. The number of rotatable bonds is 3. The number of nitrogens with one attached hydrogen (secondary N) is 2. The first-order valence-electron chi connectivity index (χ1n) is 5.95. The van der Waals surface area contributed by atoms with Crippen LogP contribution in [0.1, 0.15) is 12.8 Å². The first-order chi connectivity index (χ1) is 9.37. The Kier molecular flexibility index (Phi) is 5.79. The van der Waals surface area contributed by atoms with Crippen molar-refractivity contribution in [3.8, 4) is 5.75 Å². The molecular formula is C12H13ClF4N2O2. The molecule has 1 aromatic carbocycles. The summed E-state index contributed by atoms with van der Waals surface area (Å²) in [5.41, 5.74) is -0.342. The molecule has 21 heavy (non-hydrogen) atoms. The van der Waals surface area contributed by atoms with Gasteiger partial charge in [-0.25, -0.2) is 4.39 Å². The zero-order valence-electron chi connectivity index (χ0n) is 10.7. The number of benzene rings is 1. The molecular weight excluding hydrogens is 316 g/mol. The molecule has 0 aromatic heterocycles. The first-order valence-corrected chi connectivity index (χ1v) is 5.95. The number of hydrogen-bond donors (Lipinski definition) is 2. The van der Waals surface area contributed by atoms with Gasteiger partial charge < -0.3 is 15.4 Å². The Morgan fingerprint density at radius 1 is 1.38 bits per heavy atom. The highest BCUT2D eigenvalue weighted by atomic mass is 35.5. The molecule has 1 heterocycles. The summed E-state index contributed by atoms with van der Waals surface area (Å²) in [4.78, 5) is 11.8. The van der Waals surface area contributed by atoms with Gasteiger partial charge >= 0.3 is 6.36 Å². The number of halogens is 5. The van der Waals surface area contributed by atoms with E-state index in [0.29, 0.717) is 13.0 Å². The molecule has 1 fully saturated rings. The maximum absolute atomic E-state index is 13.8. The number of ether oxygens (including phenoxy) is 1. The van der Waals surface area contributed by atoms with Crippen LogP contribution in [0, 0.1) is 5.82 Å². The predicted octanol–water partition coefficient (Wildman–Crippen LogP) is 2.84. The maximum atomic E-state index is 13.8. The van der Waals surface area contributed by atoms with Crippen LogP contribution in [0.4, 0.5) is 23.2 Å². The van der Waals surface area contributed by atoms with Crippen molar-refractivity contribution in [2.24, 2.45) is 0 Å². The minimum absolute atomic E-state index is 0. The van der Waals surface area contributed by atoms with E-state index in [9.17, 15) is 22.4 Å². The minimum atomic E-state index is -4.99. The average Bonchev–Trinajstić information content (AvgIpc) is 2.86. The first kappa shape index (κ1) is 17.5. The summed E-state index contributed by atoms with van der Waals surface area (Å²) >= 11 is 0. The molecule has 0 aliphatic carbocycles. The maximum Gasteiger partial charge on any atom is 0.573 e. The smallest absolute Gasteiger partial charge is 0.403 e. The lowest BCUT2D eigenvalue weighted by atomic mass is 10.2. The van der Waals surface area contributed by atoms with E-state index in [1.807, 2.05) is 0 Å². The van der Waals surface area contributed by atoms with Crippen molar-refractivity contribution >= 4 is 24.0 Å². The molecule has 0 spiro atoms. The van der Waals surface area contributed by atoms with Gasteiger partial charge in [0.15, 0.2) is 11.6 Å². The van der Waals surface area contributed by atoms with Crippen LogP contribution in [0.2, 0.25) is 0 Å². The predicted molar refractivity (Wildman–Crippen MR) is 70.0 cm³/mol. The van der Waals surface area contributed by atoms with E-state index in [0.717, 1.165) is 12.5 Å². The fourth-order valence-electron chi connectivity index (χ4n) is 1.94. The van der Waals surface area contributed by atoms with E-state index in [1.165, 1.54) is 12.1 Å². The fourth-order valence-corrected chi connectivity index (χ4v) is 1.94. The van der Waals surface area contributed by atoms with Gasteiger partial charge in [-0.05, 0) is 31.5 Å². The van der Waals surface area contributed by atoms with Crippen LogP contribution in [0.15, 0.2) is 18.2 Å². The molecule has 1 unspecified atom stereocenters. The molecule has 0 radical (unpaired) electrons. The van der Waals surface area contributed by atoms with Gasteiger partial charge in [0.1, 0.15) is 0 Å². The third kappa shape index (κ3) is 4.75. The van der Waals surface area contributed by atoms with E-state index < -0.39 is 29.9 Å². The molecule has 1 aliphatic rings. The van der Waals surface area contributed by atoms with Gasteiger partial charge in [0, 0.05) is 0 Å². The van der Waals surface area contributed by atoms with Crippen LogP contribution < -0.4 is 15.4 Å². The van der Waals surface area contributed by atoms with Crippen molar-refractivity contribution in [3.05, 3.63) is 24.0 Å². The summed E-state index contributed by atoms with van der Waals surface area (Å²) in [5.74, 6) is -2.71. The summed E-state index contributed by atoms with van der Waals surface area (Å²) in [5, 5.41) is 5.16. The van der Waals surface area contributed by atoms with Crippen LogP contribution >= 0.6 is 12.4 Å². The van der Waals surface area contributed by atoms with Crippen LogP contribution in [-0.2, 0) is 4.79 Å². The molecule has 118 valence electrons.